The van der Waals surface area contributed by atoms with Crippen LogP contribution in [-0.2, 0) is 43.0 Å². The Balaban J connectivity index is 1.20. The Morgan fingerprint density at radius 3 is 2.29 bits per heavy atom. The van der Waals surface area contributed by atoms with Gasteiger partial charge in [-0.05, 0) is 30.6 Å². The van der Waals surface area contributed by atoms with Crippen molar-refractivity contribution in [1.82, 2.24) is 20.2 Å². The molecule has 0 aromatic heterocycles. The second-order valence-corrected chi connectivity index (χ2v) is 10.8. The Bertz CT molecular complexity index is 1080. The molecule has 2 aliphatic carbocycles. The van der Waals surface area contributed by atoms with Gasteiger partial charge < -0.3 is 29.3 Å². The molecule has 2 saturated heterocycles. The minimum atomic E-state index is -0.820. The monoisotopic (exact) mass is 590 g/mol. The lowest BCUT2D eigenvalue weighted by Crippen LogP contribution is -2.58. The van der Waals surface area contributed by atoms with E-state index in [1.54, 1.807) is 9.80 Å². The summed E-state index contributed by atoms with van der Waals surface area (Å²) in [7, 11) is 1.35. The van der Waals surface area contributed by atoms with Gasteiger partial charge in [-0.15, -0.1) is 16.9 Å². The molecule has 2 heterocycles. The predicted octanol–water partition coefficient (Wildman–Crippen LogP) is -0.148. The van der Waals surface area contributed by atoms with Gasteiger partial charge in [-0.1, -0.05) is 0 Å². The molecule has 0 radical (unpaired) electrons. The molecule has 14 heteroatoms. The zero-order valence-electron chi connectivity index (χ0n) is 23.8. The highest BCUT2D eigenvalue weighted by Crippen LogP contribution is 2.52. The third-order valence-electron chi connectivity index (χ3n) is 8.04. The van der Waals surface area contributed by atoms with E-state index in [9.17, 15) is 28.8 Å². The Morgan fingerprint density at radius 2 is 1.62 bits per heavy atom. The van der Waals surface area contributed by atoms with Crippen molar-refractivity contribution in [2.45, 2.75) is 51.0 Å². The Kier molecular flexibility index (Phi) is 11.1. The zero-order chi connectivity index (χ0) is 30.1. The molecule has 1 saturated carbocycles. The first-order chi connectivity index (χ1) is 20.3. The molecule has 230 valence electrons. The van der Waals surface area contributed by atoms with Crippen molar-refractivity contribution in [2.75, 3.05) is 59.7 Å². The molecule has 4 amide bonds. The van der Waals surface area contributed by atoms with E-state index < -0.39 is 35.9 Å². The summed E-state index contributed by atoms with van der Waals surface area (Å²) in [6.45, 7) is 0.467. The first-order valence-corrected chi connectivity index (χ1v) is 14.4. The summed E-state index contributed by atoms with van der Waals surface area (Å²) >= 11 is 0. The fourth-order valence-corrected chi connectivity index (χ4v) is 5.72. The summed E-state index contributed by atoms with van der Waals surface area (Å²) in [5, 5.41) is 3.11. The molecule has 42 heavy (non-hydrogen) atoms. The minimum Gasteiger partial charge on any atom is -0.462 e. The molecule has 4 aliphatic rings. The lowest BCUT2D eigenvalue weighted by atomic mass is 10.1. The second-order valence-electron chi connectivity index (χ2n) is 10.8. The number of carbonyl (C=O) groups is 6. The van der Waals surface area contributed by atoms with Crippen LogP contribution in [0.2, 0.25) is 0 Å². The van der Waals surface area contributed by atoms with Crippen LogP contribution in [0.25, 0.3) is 0 Å². The van der Waals surface area contributed by atoms with E-state index in [0.29, 0.717) is 29.4 Å². The Labute approximate surface area is 244 Å². The molecule has 1 N–H and O–H groups in total. The number of methoxy groups -OCH3 is 1. The molecule has 2 aliphatic heterocycles. The van der Waals surface area contributed by atoms with Gasteiger partial charge in [-0.25, -0.2) is 14.4 Å². The number of rotatable bonds is 12. The van der Waals surface area contributed by atoms with Gasteiger partial charge in [-0.2, -0.15) is 0 Å². The van der Waals surface area contributed by atoms with Gasteiger partial charge in [0.05, 0.1) is 19.2 Å². The number of hydrogen-bond acceptors (Lipinski definition) is 11. The number of hydrogen-bond donors (Lipinski definition) is 1. The molecule has 0 aromatic rings. The number of piperazine rings is 1. The molecular formula is C28H38N4O10. The molecule has 14 nitrogen and oxygen atoms in total. The second kappa shape index (κ2) is 15.0. The molecular weight excluding hydrogens is 552 g/mol. The van der Waals surface area contributed by atoms with Gasteiger partial charge in [-0.3, -0.25) is 19.3 Å². The molecule has 1 unspecified atom stereocenters. The number of ether oxygens (including phenoxy) is 3. The lowest BCUT2D eigenvalue weighted by molar-refractivity contribution is -0.199. The van der Waals surface area contributed by atoms with Crippen LogP contribution in [0, 0.1) is 29.6 Å². The summed E-state index contributed by atoms with van der Waals surface area (Å²) in [5.74, 6) is 5.02. The van der Waals surface area contributed by atoms with Crippen LogP contribution in [0.1, 0.15) is 44.9 Å². The standard InChI is InChI=1S/C28H38N4O10/c1-39-18-27(37)40-16-19-14-31(13-12-30(19)15-26(36)42-32-24(34)8-9-25(32)35)23(33)10-11-29-28(38)41-17-22-20-6-4-2-3-5-7-21(20)22/h19-22H,4-18H2,1H3,(H,29,38)/t19?,20-,21+,22-. The molecule has 0 spiro atoms. The van der Waals surface area contributed by atoms with Crippen molar-refractivity contribution in [3.05, 3.63) is 0 Å². The van der Waals surface area contributed by atoms with Gasteiger partial charge in [0.15, 0.2) is 0 Å². The van der Waals surface area contributed by atoms with Crippen molar-refractivity contribution in [1.29, 1.82) is 0 Å². The van der Waals surface area contributed by atoms with Gasteiger partial charge in [0.25, 0.3) is 11.8 Å². The number of amides is 4. The summed E-state index contributed by atoms with van der Waals surface area (Å²) in [6, 6.07) is -0.556. The number of hydroxylamine groups is 2. The van der Waals surface area contributed by atoms with Crippen LogP contribution in [0.4, 0.5) is 4.79 Å². The van der Waals surface area contributed by atoms with Crippen molar-refractivity contribution >= 4 is 35.8 Å². The van der Waals surface area contributed by atoms with Crippen molar-refractivity contribution < 1.29 is 47.8 Å². The first kappa shape index (κ1) is 31.2. The molecule has 4 atom stereocenters. The fraction of sp³-hybridized carbons (Fsp3) is 0.714. The number of imide groups is 1. The van der Waals surface area contributed by atoms with Crippen LogP contribution >= 0.6 is 0 Å². The van der Waals surface area contributed by atoms with Crippen LogP contribution in [0.5, 0.6) is 0 Å². The maximum Gasteiger partial charge on any atom is 0.407 e. The van der Waals surface area contributed by atoms with E-state index in [1.165, 1.54) is 7.11 Å². The van der Waals surface area contributed by atoms with Crippen LogP contribution in [-0.4, -0.2) is 116 Å². The van der Waals surface area contributed by atoms with Crippen molar-refractivity contribution in [2.24, 2.45) is 17.8 Å². The average molecular weight is 591 g/mol. The van der Waals surface area contributed by atoms with Gasteiger partial charge in [0.2, 0.25) is 5.91 Å². The van der Waals surface area contributed by atoms with E-state index in [0.717, 1.165) is 25.7 Å². The molecule has 3 fully saturated rings. The number of carbonyl (C=O) groups excluding carboxylic acids is 6. The number of esters is 1. The number of nitrogens with zero attached hydrogens (tertiary/aromatic N) is 3. The predicted molar refractivity (Wildman–Crippen MR) is 143 cm³/mol. The van der Waals surface area contributed by atoms with Crippen molar-refractivity contribution in [3.8, 4) is 11.8 Å². The van der Waals surface area contributed by atoms with Crippen LogP contribution in [0.15, 0.2) is 0 Å². The Morgan fingerprint density at radius 1 is 0.929 bits per heavy atom. The summed E-state index contributed by atoms with van der Waals surface area (Å²) in [6.07, 6.45) is 3.31. The lowest BCUT2D eigenvalue weighted by Gasteiger charge is -2.40. The van der Waals surface area contributed by atoms with E-state index in [4.69, 9.17) is 19.0 Å². The van der Waals surface area contributed by atoms with Gasteiger partial charge in [0, 0.05) is 65.4 Å². The highest BCUT2D eigenvalue weighted by Gasteiger charge is 2.49. The topological polar surface area (TPSA) is 161 Å². The molecule has 4 rings (SSSR count). The third kappa shape index (κ3) is 8.65. The normalized spacial score (nSPS) is 25.4. The van der Waals surface area contributed by atoms with E-state index in [2.05, 4.69) is 17.2 Å². The summed E-state index contributed by atoms with van der Waals surface area (Å²) in [4.78, 5) is 81.2. The van der Waals surface area contributed by atoms with Gasteiger partial charge >= 0.3 is 18.0 Å². The molecule has 0 bridgehead atoms. The van der Waals surface area contributed by atoms with Crippen molar-refractivity contribution in [3.63, 3.8) is 0 Å². The van der Waals surface area contributed by atoms with E-state index >= 15 is 0 Å². The fourth-order valence-electron chi connectivity index (χ4n) is 5.72. The SMILES string of the molecule is COCC(=O)OCC1CN(C(=O)CCNC(=O)OC[C@@H]2[C@@H]3CCC#CCC[C@@H]32)CCN1CC(=O)ON1C(=O)CCC1=O. The van der Waals surface area contributed by atoms with Gasteiger partial charge in [0.1, 0.15) is 13.2 Å². The number of fused-ring (bicyclic) bond motifs is 1. The number of alkyl carbamates (subject to hydrolysis) is 1. The first-order valence-electron chi connectivity index (χ1n) is 14.4. The highest BCUT2D eigenvalue weighted by atomic mass is 16.7. The van der Waals surface area contributed by atoms with Crippen LogP contribution in [0.3, 0.4) is 0 Å². The summed E-state index contributed by atoms with van der Waals surface area (Å²) in [5.41, 5.74) is 0. The number of nitrogens with one attached hydrogen (secondary N) is 1. The quantitative estimate of drug-likeness (QED) is 0.183. The third-order valence-corrected chi connectivity index (χ3v) is 8.04. The van der Waals surface area contributed by atoms with E-state index in [1.807, 2.05) is 0 Å². The smallest absolute Gasteiger partial charge is 0.407 e. The largest absolute Gasteiger partial charge is 0.462 e. The maximum atomic E-state index is 12.9. The minimum absolute atomic E-state index is 0.0190. The maximum absolute atomic E-state index is 12.9. The van der Waals surface area contributed by atoms with Crippen LogP contribution < -0.4 is 5.32 Å². The average Bonchev–Trinajstić information content (AvgIpc) is 3.50. The zero-order valence-corrected chi connectivity index (χ0v) is 23.8. The Hall–Kier alpha value is -3.70. The molecule has 0 aromatic carbocycles. The van der Waals surface area contributed by atoms with E-state index in [-0.39, 0.29) is 71.1 Å². The highest BCUT2D eigenvalue weighted by molar-refractivity contribution is 6.01. The summed E-state index contributed by atoms with van der Waals surface area (Å²) < 4.78 is 15.4.